The van der Waals surface area contributed by atoms with E-state index >= 15 is 0 Å². The Hall–Kier alpha value is 1.08. The number of ether oxygens (including phenoxy) is 2. The molecule has 2 fully saturated rings. The van der Waals surface area contributed by atoms with Gasteiger partial charge in [-0.3, -0.25) is 0 Å². The molecule has 0 heterocycles. The van der Waals surface area contributed by atoms with Gasteiger partial charge >= 0.3 is 0 Å². The van der Waals surface area contributed by atoms with E-state index in [2.05, 4.69) is 0 Å². The van der Waals surface area contributed by atoms with Crippen LogP contribution in [0.1, 0.15) is 12.8 Å². The van der Waals surface area contributed by atoms with Crippen LogP contribution in [0.5, 0.6) is 0 Å². The Balaban J connectivity index is 2.56. The molecular weight excluding hydrogens is 282 g/mol. The highest BCUT2D eigenvalue weighted by Gasteiger charge is 2.81. The molecule has 0 radical (unpaired) electrons. The second-order valence-corrected chi connectivity index (χ2v) is 6.34. The van der Waals surface area contributed by atoms with Crippen LogP contribution in [0.2, 0.25) is 0 Å². The minimum atomic E-state index is -1.11. The van der Waals surface area contributed by atoms with Crippen LogP contribution in [-0.4, -0.2) is 40.5 Å². The first-order valence-electron chi connectivity index (χ1n) is 4.66. The fourth-order valence-electron chi connectivity index (χ4n) is 2.90. The quantitative estimate of drug-likeness (QED) is 0.576. The van der Waals surface area contributed by atoms with Crippen LogP contribution >= 0.6 is 46.4 Å². The molecule has 15 heavy (non-hydrogen) atoms. The first kappa shape index (κ1) is 12.5. The molecule has 2 nitrogen and oxygen atoms in total. The van der Waals surface area contributed by atoms with Crippen molar-refractivity contribution in [3.63, 3.8) is 0 Å². The Bertz CT molecular complexity index is 259. The summed E-state index contributed by atoms with van der Waals surface area (Å²) in [6, 6.07) is 0. The third-order valence-corrected chi connectivity index (χ3v) is 6.60. The molecule has 2 bridgehead atoms. The van der Waals surface area contributed by atoms with Crippen LogP contribution < -0.4 is 0 Å². The number of hydrogen-bond acceptors (Lipinski definition) is 2. The molecule has 0 aromatic rings. The van der Waals surface area contributed by atoms with Crippen molar-refractivity contribution in [2.24, 2.45) is 0 Å². The topological polar surface area (TPSA) is 18.5 Å². The normalized spacial score (nSPS) is 52.4. The Morgan fingerprint density at radius 1 is 0.933 bits per heavy atom. The first-order valence-corrected chi connectivity index (χ1v) is 6.29. The smallest absolute Gasteiger partial charge is 0.209 e. The zero-order chi connectivity index (χ0) is 11.5. The van der Waals surface area contributed by atoms with Gasteiger partial charge in [-0.05, 0) is 12.8 Å². The second-order valence-electron chi connectivity index (χ2n) is 4.05. The van der Waals surface area contributed by atoms with Crippen LogP contribution in [0, 0.1) is 0 Å². The SMILES string of the molecule is COC1(OC)[C@@]2(Cl)CC[C@@]1(Cl)[C@H](Cl)[C@H]2Cl. The number of methoxy groups -OCH3 is 2. The molecule has 4 atom stereocenters. The van der Waals surface area contributed by atoms with Gasteiger partial charge in [0.15, 0.2) is 0 Å². The molecule has 0 spiro atoms. The van der Waals surface area contributed by atoms with Crippen molar-refractivity contribution in [1.29, 1.82) is 0 Å². The van der Waals surface area contributed by atoms with E-state index in [1.54, 1.807) is 0 Å². The van der Waals surface area contributed by atoms with Gasteiger partial charge in [-0.1, -0.05) is 0 Å². The third kappa shape index (κ3) is 1.12. The van der Waals surface area contributed by atoms with Gasteiger partial charge in [0.05, 0.1) is 10.8 Å². The maximum atomic E-state index is 6.50. The molecular formula is C9H12Cl4O2. The van der Waals surface area contributed by atoms with E-state index in [4.69, 9.17) is 55.9 Å². The van der Waals surface area contributed by atoms with E-state index in [1.165, 1.54) is 14.2 Å². The van der Waals surface area contributed by atoms with Crippen LogP contribution in [-0.2, 0) is 9.47 Å². The number of alkyl halides is 4. The van der Waals surface area contributed by atoms with Crippen LogP contribution in [0.3, 0.4) is 0 Å². The van der Waals surface area contributed by atoms with Crippen molar-refractivity contribution in [1.82, 2.24) is 0 Å². The number of halogens is 4. The van der Waals surface area contributed by atoms with Gasteiger partial charge in [0.1, 0.15) is 9.75 Å². The summed E-state index contributed by atoms with van der Waals surface area (Å²) in [5, 5.41) is -0.932. The van der Waals surface area contributed by atoms with Crippen LogP contribution in [0.4, 0.5) is 0 Å². The molecule has 0 aliphatic heterocycles. The molecule has 2 aliphatic rings. The monoisotopic (exact) mass is 292 g/mol. The first-order chi connectivity index (χ1) is 6.89. The second kappa shape index (κ2) is 3.54. The zero-order valence-corrected chi connectivity index (χ0v) is 11.4. The zero-order valence-electron chi connectivity index (χ0n) is 8.40. The summed E-state index contributed by atoms with van der Waals surface area (Å²) in [6.07, 6.45) is 1.27. The number of fused-ring (bicyclic) bond motifs is 2. The van der Waals surface area contributed by atoms with Gasteiger partial charge in [-0.2, -0.15) is 0 Å². The highest BCUT2D eigenvalue weighted by Crippen LogP contribution is 2.68. The van der Waals surface area contributed by atoms with Gasteiger partial charge in [0.25, 0.3) is 0 Å². The van der Waals surface area contributed by atoms with Crippen molar-refractivity contribution in [2.45, 2.75) is 39.1 Å². The van der Waals surface area contributed by atoms with Crippen molar-refractivity contribution in [3.05, 3.63) is 0 Å². The maximum absolute atomic E-state index is 6.50. The average Bonchev–Trinajstić information content (AvgIpc) is 2.53. The molecule has 0 aromatic carbocycles. The third-order valence-electron chi connectivity index (χ3n) is 3.65. The predicted octanol–water partition coefficient (Wildman–Crippen LogP) is 2.95. The summed E-state index contributed by atoms with van der Waals surface area (Å²) in [5.41, 5.74) is 0. The molecule has 6 heteroatoms. The standard InChI is InChI=1S/C9H12Cl4O2/c1-14-9(15-2)7(12)3-4-8(9,13)6(11)5(7)10/h5-6H,3-4H2,1-2H3/t5-,6-,7-,8-/m1/s1. The average molecular weight is 294 g/mol. The van der Waals surface area contributed by atoms with Crippen LogP contribution in [0.25, 0.3) is 0 Å². The van der Waals surface area contributed by atoms with E-state index < -0.39 is 26.3 Å². The molecule has 0 saturated heterocycles. The molecule has 0 aromatic heterocycles. The molecule has 0 unspecified atom stereocenters. The van der Waals surface area contributed by atoms with E-state index in [9.17, 15) is 0 Å². The van der Waals surface area contributed by atoms with Gasteiger partial charge < -0.3 is 9.47 Å². The highest BCUT2D eigenvalue weighted by molar-refractivity contribution is 6.44. The summed E-state index contributed by atoms with van der Waals surface area (Å²) < 4.78 is 10.9. The lowest BCUT2D eigenvalue weighted by atomic mass is 9.99. The molecule has 88 valence electrons. The lowest BCUT2D eigenvalue weighted by molar-refractivity contribution is -0.219. The molecule has 2 rings (SSSR count). The molecule has 2 aliphatic carbocycles. The molecule has 2 saturated carbocycles. The number of hydrogen-bond donors (Lipinski definition) is 0. The van der Waals surface area contributed by atoms with Crippen molar-refractivity contribution in [2.75, 3.05) is 14.2 Å². The lowest BCUT2D eigenvalue weighted by Crippen LogP contribution is -2.56. The largest absolute Gasteiger partial charge is 0.350 e. The Kier molecular flexibility index (Phi) is 2.95. The van der Waals surface area contributed by atoms with Crippen molar-refractivity contribution >= 4 is 46.4 Å². The molecule has 0 amide bonds. The van der Waals surface area contributed by atoms with Crippen molar-refractivity contribution < 1.29 is 9.47 Å². The Morgan fingerprint density at radius 3 is 1.47 bits per heavy atom. The lowest BCUT2D eigenvalue weighted by Gasteiger charge is -2.39. The minimum Gasteiger partial charge on any atom is -0.350 e. The fourth-order valence-corrected chi connectivity index (χ4v) is 5.10. The summed E-state index contributed by atoms with van der Waals surface area (Å²) in [7, 11) is 3.03. The van der Waals surface area contributed by atoms with Gasteiger partial charge in [-0.15, -0.1) is 46.4 Å². The summed E-state index contributed by atoms with van der Waals surface area (Å²) >= 11 is 25.5. The van der Waals surface area contributed by atoms with E-state index in [-0.39, 0.29) is 0 Å². The summed E-state index contributed by atoms with van der Waals surface area (Å²) in [4.78, 5) is -1.71. The molecule has 0 N–H and O–H groups in total. The van der Waals surface area contributed by atoms with E-state index in [0.717, 1.165) is 0 Å². The fraction of sp³-hybridized carbons (Fsp3) is 1.00. The van der Waals surface area contributed by atoms with E-state index in [1.807, 2.05) is 0 Å². The van der Waals surface area contributed by atoms with Gasteiger partial charge in [0.2, 0.25) is 5.79 Å². The van der Waals surface area contributed by atoms with Crippen molar-refractivity contribution in [3.8, 4) is 0 Å². The summed E-state index contributed by atoms with van der Waals surface area (Å²) in [5.74, 6) is -1.11. The van der Waals surface area contributed by atoms with Gasteiger partial charge in [-0.25, -0.2) is 0 Å². The Morgan fingerprint density at radius 2 is 1.27 bits per heavy atom. The minimum absolute atomic E-state index is 0.466. The maximum Gasteiger partial charge on any atom is 0.209 e. The highest BCUT2D eigenvalue weighted by atomic mass is 35.5. The Labute approximate surface area is 109 Å². The van der Waals surface area contributed by atoms with Crippen LogP contribution in [0.15, 0.2) is 0 Å². The predicted molar refractivity (Wildman–Crippen MR) is 62.4 cm³/mol. The number of rotatable bonds is 2. The van der Waals surface area contributed by atoms with Gasteiger partial charge in [0, 0.05) is 14.2 Å². The van der Waals surface area contributed by atoms with E-state index in [0.29, 0.717) is 12.8 Å². The summed E-state index contributed by atoms with van der Waals surface area (Å²) in [6.45, 7) is 0.